The molecule has 0 saturated heterocycles. The maximum absolute atomic E-state index is 12.1. The van der Waals surface area contributed by atoms with Gasteiger partial charge in [0.05, 0.1) is 13.0 Å². The smallest absolute Gasteiger partial charge is 0.304 e. The van der Waals surface area contributed by atoms with Crippen molar-refractivity contribution in [2.24, 2.45) is 0 Å². The van der Waals surface area contributed by atoms with Gasteiger partial charge in [0, 0.05) is 26.7 Å². The van der Waals surface area contributed by atoms with Crippen molar-refractivity contribution in [1.29, 1.82) is 0 Å². The van der Waals surface area contributed by atoms with Gasteiger partial charge >= 0.3 is 5.97 Å². The van der Waals surface area contributed by atoms with E-state index in [0.29, 0.717) is 6.54 Å². The Labute approximate surface area is 113 Å². The normalized spacial score (nSPS) is 11.8. The number of carbonyl (C=O) groups is 2. The summed E-state index contributed by atoms with van der Waals surface area (Å²) in [5, 5.41) is 11.1. The first kappa shape index (κ1) is 17.8. The molecule has 0 fully saturated rings. The number of nitrogens with one attached hydrogen (secondary N) is 1. The van der Waals surface area contributed by atoms with Crippen molar-refractivity contribution in [1.82, 2.24) is 13.9 Å². The Morgan fingerprint density at radius 3 is 2.26 bits per heavy atom. The number of likely N-dealkylation sites (N-methyl/N-ethyl adjacent to an activating group) is 2. The number of nitrogens with zero attached hydrogens (tertiary/aromatic N) is 2. The van der Waals surface area contributed by atoms with Gasteiger partial charge in [-0.25, -0.2) is 0 Å². The van der Waals surface area contributed by atoms with Crippen molar-refractivity contribution < 1.29 is 23.1 Å². The van der Waals surface area contributed by atoms with Gasteiger partial charge < -0.3 is 10.4 Å². The number of hydrogen-bond donors (Lipinski definition) is 2. The lowest BCUT2D eigenvalue weighted by Crippen LogP contribution is -2.46. The fourth-order valence-corrected chi connectivity index (χ4v) is 2.66. The predicted molar refractivity (Wildman–Crippen MR) is 69.7 cm³/mol. The minimum atomic E-state index is -3.82. The molecule has 0 rings (SSSR count). The van der Waals surface area contributed by atoms with Gasteiger partial charge in [-0.05, 0) is 6.92 Å². The van der Waals surface area contributed by atoms with E-state index in [9.17, 15) is 18.0 Å². The van der Waals surface area contributed by atoms with Gasteiger partial charge in [0.1, 0.15) is 0 Å². The van der Waals surface area contributed by atoms with Crippen molar-refractivity contribution in [2.75, 3.05) is 33.2 Å². The van der Waals surface area contributed by atoms with Crippen LogP contribution in [0, 0.1) is 0 Å². The zero-order chi connectivity index (χ0) is 15.1. The first-order valence-electron chi connectivity index (χ1n) is 5.95. The SMILES string of the molecule is CCNC(=O)CN(CC)S(=O)(=O)N(C)CCC(=O)O. The predicted octanol–water partition coefficient (Wildman–Crippen LogP) is -0.904. The standard InChI is InChI=1S/C10H21N3O5S/c1-4-11-9(14)8-13(5-2)19(17,18)12(3)7-6-10(15)16/h4-8H2,1-3H3,(H,11,14)(H,15,16). The van der Waals surface area contributed by atoms with E-state index in [4.69, 9.17) is 5.11 Å². The molecule has 1 amide bonds. The van der Waals surface area contributed by atoms with Crippen LogP contribution in [0.5, 0.6) is 0 Å². The second-order valence-electron chi connectivity index (χ2n) is 3.85. The monoisotopic (exact) mass is 295 g/mol. The summed E-state index contributed by atoms with van der Waals surface area (Å²) in [5.41, 5.74) is 0. The number of aliphatic carboxylic acids is 1. The lowest BCUT2D eigenvalue weighted by atomic mass is 10.4. The van der Waals surface area contributed by atoms with Crippen LogP contribution in [0.25, 0.3) is 0 Å². The van der Waals surface area contributed by atoms with Gasteiger partial charge in [-0.1, -0.05) is 6.92 Å². The second kappa shape index (κ2) is 8.08. The van der Waals surface area contributed by atoms with E-state index in [1.165, 1.54) is 7.05 Å². The molecule has 0 heterocycles. The Kier molecular flexibility index (Phi) is 7.57. The molecule has 0 aliphatic rings. The summed E-state index contributed by atoms with van der Waals surface area (Å²) in [6, 6.07) is 0. The maximum Gasteiger partial charge on any atom is 0.304 e. The summed E-state index contributed by atoms with van der Waals surface area (Å²) in [6.45, 7) is 3.50. The highest BCUT2D eigenvalue weighted by molar-refractivity contribution is 7.86. The van der Waals surface area contributed by atoms with Crippen LogP contribution in [0.2, 0.25) is 0 Å². The summed E-state index contributed by atoms with van der Waals surface area (Å²) >= 11 is 0. The fraction of sp³-hybridized carbons (Fsp3) is 0.800. The van der Waals surface area contributed by atoms with E-state index < -0.39 is 16.2 Å². The molecule has 0 aromatic rings. The Morgan fingerprint density at radius 2 is 1.84 bits per heavy atom. The Bertz CT molecular complexity index is 409. The molecule has 0 atom stereocenters. The topological polar surface area (TPSA) is 107 Å². The van der Waals surface area contributed by atoms with E-state index in [1.807, 2.05) is 0 Å². The second-order valence-corrected chi connectivity index (χ2v) is 5.89. The third-order valence-corrected chi connectivity index (χ3v) is 4.42. The highest BCUT2D eigenvalue weighted by Gasteiger charge is 2.27. The molecule has 0 aromatic heterocycles. The molecule has 0 saturated carbocycles. The van der Waals surface area contributed by atoms with Gasteiger partial charge in [-0.15, -0.1) is 0 Å². The summed E-state index contributed by atoms with van der Waals surface area (Å²) in [4.78, 5) is 21.9. The number of carboxylic acids is 1. The van der Waals surface area contributed by atoms with Crippen LogP contribution in [0.4, 0.5) is 0 Å². The highest BCUT2D eigenvalue weighted by Crippen LogP contribution is 2.06. The van der Waals surface area contributed by atoms with Crippen LogP contribution in [0.1, 0.15) is 20.3 Å². The molecule has 0 bridgehead atoms. The van der Waals surface area contributed by atoms with Crippen LogP contribution >= 0.6 is 0 Å². The molecule has 0 aliphatic heterocycles. The van der Waals surface area contributed by atoms with Crippen LogP contribution in [-0.4, -0.2) is 67.2 Å². The van der Waals surface area contributed by atoms with E-state index >= 15 is 0 Å². The van der Waals surface area contributed by atoms with Crippen molar-refractivity contribution in [3.63, 3.8) is 0 Å². The molecule has 9 heteroatoms. The largest absolute Gasteiger partial charge is 0.481 e. The van der Waals surface area contributed by atoms with Gasteiger partial charge in [-0.2, -0.15) is 17.0 Å². The lowest BCUT2D eigenvalue weighted by molar-refractivity contribution is -0.137. The van der Waals surface area contributed by atoms with Gasteiger partial charge in [0.2, 0.25) is 5.91 Å². The Balaban J connectivity index is 4.72. The van der Waals surface area contributed by atoms with Crippen molar-refractivity contribution in [2.45, 2.75) is 20.3 Å². The molecular formula is C10H21N3O5S. The third kappa shape index (κ3) is 5.99. The van der Waals surface area contributed by atoms with E-state index in [-0.39, 0.29) is 32.0 Å². The zero-order valence-electron chi connectivity index (χ0n) is 11.4. The number of amides is 1. The Morgan fingerprint density at radius 1 is 1.26 bits per heavy atom. The number of rotatable bonds is 9. The molecular weight excluding hydrogens is 274 g/mol. The number of carboxylic acid groups (broad SMARTS) is 1. The minimum absolute atomic E-state index is 0.135. The van der Waals surface area contributed by atoms with Gasteiger partial charge in [0.25, 0.3) is 10.2 Å². The van der Waals surface area contributed by atoms with Crippen LogP contribution in [0.3, 0.4) is 0 Å². The van der Waals surface area contributed by atoms with E-state index in [2.05, 4.69) is 5.32 Å². The molecule has 112 valence electrons. The lowest BCUT2D eigenvalue weighted by Gasteiger charge is -2.25. The van der Waals surface area contributed by atoms with Crippen LogP contribution in [-0.2, 0) is 19.8 Å². The number of hydrogen-bond acceptors (Lipinski definition) is 4. The van der Waals surface area contributed by atoms with Crippen molar-refractivity contribution >= 4 is 22.1 Å². The van der Waals surface area contributed by atoms with E-state index in [1.54, 1.807) is 13.8 Å². The zero-order valence-corrected chi connectivity index (χ0v) is 12.2. The minimum Gasteiger partial charge on any atom is -0.481 e. The highest BCUT2D eigenvalue weighted by atomic mass is 32.2. The molecule has 0 unspecified atom stereocenters. The Hall–Kier alpha value is -1.19. The van der Waals surface area contributed by atoms with Crippen molar-refractivity contribution in [3.8, 4) is 0 Å². The average molecular weight is 295 g/mol. The molecule has 0 aliphatic carbocycles. The molecule has 19 heavy (non-hydrogen) atoms. The summed E-state index contributed by atoms with van der Waals surface area (Å²) in [5.74, 6) is -1.46. The van der Waals surface area contributed by atoms with Gasteiger partial charge in [0.15, 0.2) is 0 Å². The molecule has 0 radical (unpaired) electrons. The van der Waals surface area contributed by atoms with E-state index in [0.717, 1.165) is 8.61 Å². The number of carbonyl (C=O) groups excluding carboxylic acids is 1. The average Bonchev–Trinajstić information content (AvgIpc) is 2.32. The van der Waals surface area contributed by atoms with Crippen molar-refractivity contribution in [3.05, 3.63) is 0 Å². The fourth-order valence-electron chi connectivity index (χ4n) is 1.34. The summed E-state index contributed by atoms with van der Waals surface area (Å²) in [6.07, 6.45) is -0.283. The maximum atomic E-state index is 12.1. The quantitative estimate of drug-likeness (QED) is 0.573. The summed E-state index contributed by atoms with van der Waals surface area (Å²) < 4.78 is 26.1. The van der Waals surface area contributed by atoms with Crippen LogP contribution < -0.4 is 5.32 Å². The van der Waals surface area contributed by atoms with Crippen LogP contribution in [0.15, 0.2) is 0 Å². The summed E-state index contributed by atoms with van der Waals surface area (Å²) in [7, 11) is -2.53. The molecule has 8 nitrogen and oxygen atoms in total. The third-order valence-electron chi connectivity index (χ3n) is 2.41. The van der Waals surface area contributed by atoms with Gasteiger partial charge in [-0.3, -0.25) is 9.59 Å². The first-order valence-corrected chi connectivity index (χ1v) is 7.35. The molecule has 2 N–H and O–H groups in total. The molecule has 0 spiro atoms. The first-order chi connectivity index (χ1) is 8.75. The molecule has 0 aromatic carbocycles.